The standard InChI is InChI=1S/C24H33FNO/c25-22-16-19(24-20-12-17-11-18(14-20)15-21(24)13-17)5-6-23(22)27-10-4-9-26-7-2-1-3-8-26/h5-6,16-18,20,24H,1-4,7-15H2. The van der Waals surface area contributed by atoms with Crippen LogP contribution in [-0.2, 0) is 0 Å². The topological polar surface area (TPSA) is 12.5 Å². The van der Waals surface area contributed by atoms with Crippen LogP contribution in [0.3, 0.4) is 0 Å². The molecule has 0 spiro atoms. The highest BCUT2D eigenvalue weighted by atomic mass is 19.1. The number of ether oxygens (including phenoxy) is 1. The van der Waals surface area contributed by atoms with Crippen molar-refractivity contribution < 1.29 is 9.13 Å². The van der Waals surface area contributed by atoms with Gasteiger partial charge in [0.1, 0.15) is 0 Å². The lowest BCUT2D eigenvalue weighted by Crippen LogP contribution is -2.42. The summed E-state index contributed by atoms with van der Waals surface area (Å²) < 4.78 is 20.5. The van der Waals surface area contributed by atoms with Crippen molar-refractivity contribution in [1.82, 2.24) is 4.90 Å². The van der Waals surface area contributed by atoms with Crippen LogP contribution < -0.4 is 4.74 Å². The van der Waals surface area contributed by atoms with Gasteiger partial charge in [0.05, 0.1) is 6.61 Å². The van der Waals surface area contributed by atoms with Crippen LogP contribution >= 0.6 is 0 Å². The SMILES string of the molecule is Fc1cc(C2[C]3CC4CC(C3)CC2C4)ccc1OCCCN1CCCCC1. The molecule has 5 aliphatic rings. The van der Waals surface area contributed by atoms with E-state index >= 15 is 0 Å². The molecule has 0 aromatic heterocycles. The Morgan fingerprint density at radius 1 is 1.00 bits per heavy atom. The highest BCUT2D eigenvalue weighted by Gasteiger charge is 2.48. The Morgan fingerprint density at radius 3 is 2.48 bits per heavy atom. The molecular weight excluding hydrogens is 337 g/mol. The fourth-order valence-corrected chi connectivity index (χ4v) is 6.62. The zero-order valence-electron chi connectivity index (χ0n) is 16.5. The minimum absolute atomic E-state index is 0.167. The predicted octanol–water partition coefficient (Wildman–Crippen LogP) is 5.58. The van der Waals surface area contributed by atoms with E-state index in [2.05, 4.69) is 11.0 Å². The van der Waals surface area contributed by atoms with Gasteiger partial charge in [-0.05, 0) is 112 Å². The molecule has 3 heteroatoms. The highest BCUT2D eigenvalue weighted by Crippen LogP contribution is 2.60. The van der Waals surface area contributed by atoms with E-state index in [9.17, 15) is 4.39 Å². The first-order valence-corrected chi connectivity index (χ1v) is 11.3. The summed E-state index contributed by atoms with van der Waals surface area (Å²) in [6.45, 7) is 4.11. The van der Waals surface area contributed by atoms with E-state index in [1.807, 2.05) is 6.07 Å². The van der Waals surface area contributed by atoms with Crippen LogP contribution in [0.4, 0.5) is 4.39 Å². The summed E-state index contributed by atoms with van der Waals surface area (Å²) in [6, 6.07) is 5.81. The molecule has 4 saturated carbocycles. The maximum absolute atomic E-state index is 14.7. The lowest BCUT2D eigenvalue weighted by molar-refractivity contribution is 0.0722. The van der Waals surface area contributed by atoms with Gasteiger partial charge in [-0.1, -0.05) is 12.5 Å². The van der Waals surface area contributed by atoms with E-state index in [1.54, 1.807) is 12.0 Å². The number of hydrogen-bond donors (Lipinski definition) is 0. The summed E-state index contributed by atoms with van der Waals surface area (Å²) in [5, 5.41) is 0. The van der Waals surface area contributed by atoms with Crippen molar-refractivity contribution in [1.29, 1.82) is 0 Å². The molecule has 4 bridgehead atoms. The summed E-state index contributed by atoms with van der Waals surface area (Å²) in [6.07, 6.45) is 11.8. The first-order chi connectivity index (χ1) is 13.3. The van der Waals surface area contributed by atoms with Crippen molar-refractivity contribution in [3.05, 3.63) is 35.5 Å². The van der Waals surface area contributed by atoms with Gasteiger partial charge < -0.3 is 9.64 Å². The largest absolute Gasteiger partial charge is 0.490 e. The van der Waals surface area contributed by atoms with Gasteiger partial charge in [-0.25, -0.2) is 4.39 Å². The molecule has 0 N–H and O–H groups in total. The van der Waals surface area contributed by atoms with Crippen molar-refractivity contribution in [2.75, 3.05) is 26.2 Å². The minimum atomic E-state index is -0.167. The molecule has 1 radical (unpaired) electrons. The fraction of sp³-hybridized carbons (Fsp3) is 0.708. The summed E-state index contributed by atoms with van der Waals surface area (Å²) in [5.74, 6) is 5.13. The number of benzene rings is 1. The Bertz CT molecular complexity index is 626. The van der Waals surface area contributed by atoms with Crippen molar-refractivity contribution in [2.45, 2.75) is 63.7 Å². The first kappa shape index (κ1) is 18.0. The normalized spacial score (nSPS) is 33.5. The maximum atomic E-state index is 14.7. The molecule has 1 aliphatic heterocycles. The predicted molar refractivity (Wildman–Crippen MR) is 106 cm³/mol. The molecule has 1 saturated heterocycles. The molecule has 147 valence electrons. The van der Waals surface area contributed by atoms with Crippen LogP contribution in [-0.4, -0.2) is 31.1 Å². The Kier molecular flexibility index (Phi) is 5.15. The molecule has 0 amide bonds. The number of halogens is 1. The van der Waals surface area contributed by atoms with Crippen LogP contribution in [0.25, 0.3) is 0 Å². The van der Waals surface area contributed by atoms with Crippen LogP contribution in [0.2, 0.25) is 0 Å². The molecule has 6 rings (SSSR count). The molecule has 2 nitrogen and oxygen atoms in total. The second kappa shape index (κ2) is 7.73. The van der Waals surface area contributed by atoms with E-state index < -0.39 is 0 Å². The lowest BCUT2D eigenvalue weighted by Gasteiger charge is -2.54. The number of likely N-dealkylation sites (tertiary alicyclic amines) is 1. The molecule has 1 aromatic rings. The quantitative estimate of drug-likeness (QED) is 0.606. The average Bonchev–Trinajstić information content (AvgIpc) is 2.66. The summed E-state index contributed by atoms with van der Waals surface area (Å²) >= 11 is 0. The zero-order valence-corrected chi connectivity index (χ0v) is 16.5. The van der Waals surface area contributed by atoms with E-state index in [0.29, 0.717) is 18.3 Å². The molecule has 4 aliphatic carbocycles. The Hall–Kier alpha value is -1.09. The van der Waals surface area contributed by atoms with Crippen LogP contribution in [0.1, 0.15) is 69.3 Å². The number of nitrogens with zero attached hydrogens (tertiary/aromatic N) is 1. The number of rotatable bonds is 6. The van der Waals surface area contributed by atoms with Gasteiger partial charge >= 0.3 is 0 Å². The fourth-order valence-electron chi connectivity index (χ4n) is 6.62. The van der Waals surface area contributed by atoms with Gasteiger partial charge in [0, 0.05) is 6.54 Å². The zero-order chi connectivity index (χ0) is 18.2. The van der Waals surface area contributed by atoms with E-state index in [1.165, 1.54) is 70.0 Å². The smallest absolute Gasteiger partial charge is 0.165 e. The van der Waals surface area contributed by atoms with E-state index in [4.69, 9.17) is 4.74 Å². The van der Waals surface area contributed by atoms with Gasteiger partial charge in [0.2, 0.25) is 0 Å². The van der Waals surface area contributed by atoms with Crippen molar-refractivity contribution >= 4 is 0 Å². The lowest BCUT2D eigenvalue weighted by atomic mass is 9.51. The first-order valence-electron chi connectivity index (χ1n) is 11.3. The summed E-state index contributed by atoms with van der Waals surface area (Å²) in [5.41, 5.74) is 1.20. The number of piperidine rings is 1. The molecule has 3 atom stereocenters. The maximum Gasteiger partial charge on any atom is 0.165 e. The van der Waals surface area contributed by atoms with Crippen LogP contribution in [0, 0.1) is 29.5 Å². The summed E-state index contributed by atoms with van der Waals surface area (Å²) in [4.78, 5) is 2.51. The molecule has 1 aromatic carbocycles. The third-order valence-corrected chi connectivity index (χ3v) is 7.59. The van der Waals surface area contributed by atoms with Crippen molar-refractivity contribution in [3.8, 4) is 5.75 Å². The monoisotopic (exact) mass is 370 g/mol. The molecule has 3 unspecified atom stereocenters. The second-order valence-electron chi connectivity index (χ2n) is 9.54. The van der Waals surface area contributed by atoms with Gasteiger partial charge in [-0.3, -0.25) is 0 Å². The van der Waals surface area contributed by atoms with Gasteiger partial charge in [0.25, 0.3) is 0 Å². The van der Waals surface area contributed by atoms with Crippen molar-refractivity contribution in [3.63, 3.8) is 0 Å². The molecular formula is C24H33FNO. The Balaban J connectivity index is 1.17. The second-order valence-corrected chi connectivity index (χ2v) is 9.54. The summed E-state index contributed by atoms with van der Waals surface area (Å²) in [7, 11) is 0. The highest BCUT2D eigenvalue weighted by molar-refractivity contribution is 5.36. The third kappa shape index (κ3) is 3.77. The third-order valence-electron chi connectivity index (χ3n) is 7.59. The van der Waals surface area contributed by atoms with Gasteiger partial charge in [-0.2, -0.15) is 0 Å². The van der Waals surface area contributed by atoms with E-state index in [0.717, 1.165) is 30.7 Å². The van der Waals surface area contributed by atoms with Crippen LogP contribution in [0.15, 0.2) is 18.2 Å². The Labute approximate surface area is 163 Å². The minimum Gasteiger partial charge on any atom is -0.490 e. The molecule has 1 heterocycles. The van der Waals surface area contributed by atoms with E-state index in [-0.39, 0.29) is 5.82 Å². The molecule has 5 fully saturated rings. The molecule has 27 heavy (non-hydrogen) atoms. The average molecular weight is 371 g/mol. The number of hydrogen-bond acceptors (Lipinski definition) is 2. The van der Waals surface area contributed by atoms with Crippen LogP contribution in [0.5, 0.6) is 5.75 Å². The Morgan fingerprint density at radius 2 is 1.78 bits per heavy atom. The van der Waals surface area contributed by atoms with Gasteiger partial charge in [0.15, 0.2) is 11.6 Å². The van der Waals surface area contributed by atoms with Crippen molar-refractivity contribution in [2.24, 2.45) is 17.8 Å². The van der Waals surface area contributed by atoms with Gasteiger partial charge in [-0.15, -0.1) is 0 Å².